The SMILES string of the molecule is CC1CC(NC(=O)c2cc(/C=C/C(=O)O)ccc2F)C1. The molecule has 0 radical (unpaired) electrons. The second-order valence-electron chi connectivity index (χ2n) is 5.16. The maximum absolute atomic E-state index is 13.7. The van der Waals surface area contributed by atoms with Gasteiger partial charge in [0.25, 0.3) is 5.91 Å². The first kappa shape index (κ1) is 14.2. The molecule has 0 atom stereocenters. The quantitative estimate of drug-likeness (QED) is 0.831. The first-order valence-corrected chi connectivity index (χ1v) is 6.47. The molecular formula is C15H16FNO3. The van der Waals surface area contributed by atoms with E-state index in [4.69, 9.17) is 5.11 Å². The van der Waals surface area contributed by atoms with E-state index in [-0.39, 0.29) is 11.6 Å². The Morgan fingerprint density at radius 1 is 1.40 bits per heavy atom. The number of carbonyl (C=O) groups excluding carboxylic acids is 1. The lowest BCUT2D eigenvalue weighted by Gasteiger charge is -2.33. The second-order valence-corrected chi connectivity index (χ2v) is 5.16. The molecular weight excluding hydrogens is 261 g/mol. The number of carbonyl (C=O) groups is 2. The Hall–Kier alpha value is -2.17. The molecule has 0 unspecified atom stereocenters. The van der Waals surface area contributed by atoms with E-state index in [9.17, 15) is 14.0 Å². The van der Waals surface area contributed by atoms with Crippen LogP contribution in [0.1, 0.15) is 35.7 Å². The average Bonchev–Trinajstić information content (AvgIpc) is 2.35. The van der Waals surface area contributed by atoms with Crippen LogP contribution < -0.4 is 5.32 Å². The van der Waals surface area contributed by atoms with Gasteiger partial charge in [-0.2, -0.15) is 0 Å². The van der Waals surface area contributed by atoms with Gasteiger partial charge in [0.15, 0.2) is 0 Å². The van der Waals surface area contributed by atoms with Crippen LogP contribution in [-0.4, -0.2) is 23.0 Å². The summed E-state index contributed by atoms with van der Waals surface area (Å²) in [6.45, 7) is 2.10. The number of benzene rings is 1. The van der Waals surface area contributed by atoms with Crippen molar-refractivity contribution in [3.05, 3.63) is 41.2 Å². The van der Waals surface area contributed by atoms with Gasteiger partial charge in [-0.1, -0.05) is 13.0 Å². The van der Waals surface area contributed by atoms with Gasteiger partial charge in [0.2, 0.25) is 0 Å². The predicted octanol–water partition coefficient (Wildman–Crippen LogP) is 2.45. The maximum atomic E-state index is 13.7. The van der Waals surface area contributed by atoms with Crippen LogP contribution in [-0.2, 0) is 4.79 Å². The van der Waals surface area contributed by atoms with Crippen molar-refractivity contribution in [1.82, 2.24) is 5.32 Å². The predicted molar refractivity (Wildman–Crippen MR) is 72.7 cm³/mol. The van der Waals surface area contributed by atoms with Crippen LogP contribution in [0.15, 0.2) is 24.3 Å². The van der Waals surface area contributed by atoms with Crippen LogP contribution in [0, 0.1) is 11.7 Å². The van der Waals surface area contributed by atoms with E-state index >= 15 is 0 Å². The van der Waals surface area contributed by atoms with Crippen LogP contribution in [0.3, 0.4) is 0 Å². The minimum atomic E-state index is -1.09. The topological polar surface area (TPSA) is 66.4 Å². The van der Waals surface area contributed by atoms with Crippen LogP contribution in [0.2, 0.25) is 0 Å². The molecule has 1 saturated carbocycles. The molecule has 0 heterocycles. The fourth-order valence-electron chi connectivity index (χ4n) is 2.27. The number of amides is 1. The van der Waals surface area contributed by atoms with Crippen LogP contribution in [0.25, 0.3) is 6.08 Å². The van der Waals surface area contributed by atoms with E-state index in [1.54, 1.807) is 0 Å². The molecule has 5 heteroatoms. The number of hydrogen-bond acceptors (Lipinski definition) is 2. The van der Waals surface area contributed by atoms with Crippen molar-refractivity contribution in [2.24, 2.45) is 5.92 Å². The smallest absolute Gasteiger partial charge is 0.328 e. The summed E-state index contributed by atoms with van der Waals surface area (Å²) in [4.78, 5) is 22.4. The number of rotatable bonds is 4. The van der Waals surface area contributed by atoms with Gasteiger partial charge >= 0.3 is 5.97 Å². The maximum Gasteiger partial charge on any atom is 0.328 e. The molecule has 0 aliphatic heterocycles. The number of halogens is 1. The molecule has 20 heavy (non-hydrogen) atoms. The Morgan fingerprint density at radius 2 is 2.10 bits per heavy atom. The lowest BCUT2D eigenvalue weighted by Crippen LogP contribution is -2.43. The van der Waals surface area contributed by atoms with Gasteiger partial charge in [-0.25, -0.2) is 9.18 Å². The van der Waals surface area contributed by atoms with Crippen molar-refractivity contribution in [1.29, 1.82) is 0 Å². The Balaban J connectivity index is 2.11. The van der Waals surface area contributed by atoms with E-state index in [1.807, 2.05) is 0 Å². The Bertz CT molecular complexity index is 562. The molecule has 1 aromatic rings. The van der Waals surface area contributed by atoms with E-state index in [0.29, 0.717) is 11.5 Å². The minimum Gasteiger partial charge on any atom is -0.478 e. The van der Waals surface area contributed by atoms with Crippen molar-refractivity contribution in [3.63, 3.8) is 0 Å². The first-order valence-electron chi connectivity index (χ1n) is 6.47. The average molecular weight is 277 g/mol. The van der Waals surface area contributed by atoms with E-state index in [0.717, 1.165) is 18.9 Å². The summed E-state index contributed by atoms with van der Waals surface area (Å²) in [6, 6.07) is 4.05. The molecule has 106 valence electrons. The lowest BCUT2D eigenvalue weighted by molar-refractivity contribution is -0.131. The normalized spacial score (nSPS) is 21.5. The molecule has 1 amide bonds. The molecule has 4 nitrogen and oxygen atoms in total. The molecule has 0 aromatic heterocycles. The third-order valence-electron chi connectivity index (χ3n) is 3.36. The van der Waals surface area contributed by atoms with Crippen LogP contribution in [0.5, 0.6) is 0 Å². The molecule has 1 fully saturated rings. The van der Waals surface area contributed by atoms with Crippen molar-refractivity contribution < 1.29 is 19.1 Å². The molecule has 0 spiro atoms. The Labute approximate surface area is 116 Å². The van der Waals surface area contributed by atoms with Gasteiger partial charge < -0.3 is 10.4 Å². The van der Waals surface area contributed by atoms with Gasteiger partial charge in [0.05, 0.1) is 5.56 Å². The molecule has 2 rings (SSSR count). The van der Waals surface area contributed by atoms with E-state index in [1.165, 1.54) is 24.3 Å². The van der Waals surface area contributed by atoms with Crippen molar-refractivity contribution in [2.45, 2.75) is 25.8 Å². The van der Waals surface area contributed by atoms with Gasteiger partial charge in [-0.15, -0.1) is 0 Å². The summed E-state index contributed by atoms with van der Waals surface area (Å²) in [5, 5.41) is 11.3. The highest BCUT2D eigenvalue weighted by atomic mass is 19.1. The number of carboxylic acid groups (broad SMARTS) is 1. The molecule has 2 N–H and O–H groups in total. The third-order valence-corrected chi connectivity index (χ3v) is 3.36. The molecule has 1 aliphatic carbocycles. The Kier molecular flexibility index (Phi) is 4.17. The highest BCUT2D eigenvalue weighted by Crippen LogP contribution is 2.26. The summed E-state index contributed by atoms with van der Waals surface area (Å²) in [5.41, 5.74) is 0.415. The third kappa shape index (κ3) is 3.44. The molecule has 0 bridgehead atoms. The lowest BCUT2D eigenvalue weighted by atomic mass is 9.82. The van der Waals surface area contributed by atoms with E-state index < -0.39 is 17.7 Å². The van der Waals surface area contributed by atoms with Gasteiger partial charge in [0.1, 0.15) is 5.82 Å². The zero-order chi connectivity index (χ0) is 14.7. The van der Waals surface area contributed by atoms with Gasteiger partial charge in [0, 0.05) is 12.1 Å². The summed E-state index contributed by atoms with van der Waals surface area (Å²) < 4.78 is 13.7. The fourth-order valence-corrected chi connectivity index (χ4v) is 2.27. The van der Waals surface area contributed by atoms with Crippen molar-refractivity contribution >= 4 is 18.0 Å². The summed E-state index contributed by atoms with van der Waals surface area (Å²) in [5.74, 6) is -1.56. The first-order chi connectivity index (χ1) is 9.45. The Morgan fingerprint density at radius 3 is 2.70 bits per heavy atom. The standard InChI is InChI=1S/C15H16FNO3/c1-9-6-11(7-9)17-15(20)12-8-10(2-4-13(12)16)3-5-14(18)19/h2-5,8-9,11H,6-7H2,1H3,(H,17,20)(H,18,19)/b5-3+. The number of hydrogen-bond donors (Lipinski definition) is 2. The second kappa shape index (κ2) is 5.86. The highest BCUT2D eigenvalue weighted by molar-refractivity contribution is 5.95. The molecule has 1 aromatic carbocycles. The van der Waals surface area contributed by atoms with Crippen LogP contribution in [0.4, 0.5) is 4.39 Å². The van der Waals surface area contributed by atoms with Crippen LogP contribution >= 0.6 is 0 Å². The van der Waals surface area contributed by atoms with Gasteiger partial charge in [-0.3, -0.25) is 4.79 Å². The van der Waals surface area contributed by atoms with Crippen molar-refractivity contribution in [2.75, 3.05) is 0 Å². The number of carboxylic acids is 1. The largest absolute Gasteiger partial charge is 0.478 e. The summed E-state index contributed by atoms with van der Waals surface area (Å²) >= 11 is 0. The van der Waals surface area contributed by atoms with Gasteiger partial charge in [-0.05, 0) is 42.5 Å². The zero-order valence-electron chi connectivity index (χ0n) is 11.1. The highest BCUT2D eigenvalue weighted by Gasteiger charge is 2.27. The minimum absolute atomic E-state index is 0.0582. The number of aliphatic carboxylic acids is 1. The molecule has 0 saturated heterocycles. The monoisotopic (exact) mass is 277 g/mol. The number of nitrogens with one attached hydrogen (secondary N) is 1. The fraction of sp³-hybridized carbons (Fsp3) is 0.333. The zero-order valence-corrected chi connectivity index (χ0v) is 11.1. The summed E-state index contributed by atoms with van der Waals surface area (Å²) in [7, 11) is 0. The van der Waals surface area contributed by atoms with E-state index in [2.05, 4.69) is 12.2 Å². The molecule has 1 aliphatic rings. The van der Waals surface area contributed by atoms with Crippen molar-refractivity contribution in [3.8, 4) is 0 Å². The summed E-state index contributed by atoms with van der Waals surface area (Å²) in [6.07, 6.45) is 4.09.